The second-order valence-corrected chi connectivity index (χ2v) is 10.5. The van der Waals surface area contributed by atoms with Crippen molar-refractivity contribution in [1.29, 1.82) is 0 Å². The number of benzene rings is 2. The molecule has 0 saturated carbocycles. The van der Waals surface area contributed by atoms with Crippen LogP contribution in [-0.4, -0.2) is 43.3 Å². The number of amides is 1. The molecule has 1 amide bonds. The zero-order chi connectivity index (χ0) is 22.6. The number of hydrogen-bond acceptors (Lipinski definition) is 6. The summed E-state index contributed by atoms with van der Waals surface area (Å²) in [7, 11) is -3.74. The fourth-order valence-electron chi connectivity index (χ4n) is 3.75. The zero-order valence-corrected chi connectivity index (χ0v) is 19.5. The summed E-state index contributed by atoms with van der Waals surface area (Å²) >= 11 is 1.06. The van der Waals surface area contributed by atoms with Gasteiger partial charge < -0.3 is 5.32 Å². The summed E-state index contributed by atoms with van der Waals surface area (Å²) in [5, 5.41) is 3.28. The van der Waals surface area contributed by atoms with Crippen molar-refractivity contribution in [3.05, 3.63) is 76.8 Å². The molecule has 0 atom stereocenters. The molecule has 0 unspecified atom stereocenters. The third kappa shape index (κ3) is 5.53. The van der Waals surface area contributed by atoms with Crippen molar-refractivity contribution < 1.29 is 13.2 Å². The van der Waals surface area contributed by atoms with Crippen molar-refractivity contribution in [1.82, 2.24) is 15.2 Å². The molecule has 0 aliphatic carbocycles. The fourth-order valence-corrected chi connectivity index (χ4v) is 5.88. The lowest BCUT2D eigenvalue weighted by molar-refractivity contribution is 0.0912. The van der Waals surface area contributed by atoms with Gasteiger partial charge in [0.25, 0.3) is 15.9 Å². The number of nitrogens with one attached hydrogen (secondary N) is 2. The first-order valence-electron chi connectivity index (χ1n) is 10.5. The van der Waals surface area contributed by atoms with Crippen LogP contribution in [0.15, 0.2) is 65.6 Å². The molecule has 1 aliphatic heterocycles. The Balaban J connectivity index is 1.33. The molecule has 0 radical (unpaired) electrons. The number of aryl methyl sites for hydroxylation is 1. The number of anilines is 1. The minimum atomic E-state index is -3.74. The Kier molecular flexibility index (Phi) is 6.88. The van der Waals surface area contributed by atoms with Crippen LogP contribution in [0.25, 0.3) is 0 Å². The monoisotopic (exact) mass is 470 g/mol. The number of carbonyl (C=O) groups is 1. The van der Waals surface area contributed by atoms with E-state index in [0.717, 1.165) is 43.8 Å². The molecule has 2 aromatic carbocycles. The summed E-state index contributed by atoms with van der Waals surface area (Å²) in [6, 6.07) is 18.6. The van der Waals surface area contributed by atoms with E-state index in [9.17, 15) is 13.2 Å². The summed E-state index contributed by atoms with van der Waals surface area (Å²) in [6.07, 6.45) is 1.76. The van der Waals surface area contributed by atoms with Gasteiger partial charge in [0.1, 0.15) is 4.88 Å². The summed E-state index contributed by atoms with van der Waals surface area (Å²) in [5.41, 5.74) is 1.81. The van der Waals surface area contributed by atoms with Crippen LogP contribution < -0.4 is 10.0 Å². The second kappa shape index (κ2) is 9.81. The summed E-state index contributed by atoms with van der Waals surface area (Å²) in [6.45, 7) is 4.47. The number of thiazole rings is 1. The predicted octanol–water partition coefficient (Wildman–Crippen LogP) is 3.65. The molecule has 3 aromatic rings. The van der Waals surface area contributed by atoms with Gasteiger partial charge in [0.2, 0.25) is 0 Å². The van der Waals surface area contributed by atoms with Gasteiger partial charge in [-0.25, -0.2) is 13.4 Å². The average Bonchev–Trinajstić information content (AvgIpc) is 3.16. The fraction of sp³-hybridized carbons (Fsp3) is 0.304. The molecule has 7 nitrogen and oxygen atoms in total. The van der Waals surface area contributed by atoms with Gasteiger partial charge in [-0.3, -0.25) is 14.4 Å². The van der Waals surface area contributed by atoms with Gasteiger partial charge in [0.05, 0.1) is 10.6 Å². The lowest BCUT2D eigenvalue weighted by Crippen LogP contribution is -2.44. The summed E-state index contributed by atoms with van der Waals surface area (Å²) in [5.74, 6) is -0.202. The molecule has 1 aliphatic rings. The Morgan fingerprint density at radius 2 is 1.69 bits per heavy atom. The number of carbonyl (C=O) groups excluding carboxylic acids is 1. The third-order valence-electron chi connectivity index (χ3n) is 5.45. The van der Waals surface area contributed by atoms with E-state index in [2.05, 4.69) is 32.1 Å². The number of sulfonamides is 1. The number of nitrogens with zero attached hydrogens (tertiary/aromatic N) is 2. The molecular formula is C23H26N4O3S2. The smallest absolute Gasteiger partial charge is 0.263 e. The summed E-state index contributed by atoms with van der Waals surface area (Å²) < 4.78 is 27.5. The Labute approximate surface area is 192 Å². The maximum atomic E-state index is 12.8. The van der Waals surface area contributed by atoms with E-state index in [0.29, 0.717) is 10.6 Å². The van der Waals surface area contributed by atoms with Gasteiger partial charge in [-0.05, 0) is 37.5 Å². The van der Waals surface area contributed by atoms with E-state index in [1.165, 1.54) is 17.7 Å². The zero-order valence-electron chi connectivity index (χ0n) is 17.8. The topological polar surface area (TPSA) is 91.4 Å². The SMILES string of the molecule is Cc1nc(NS(=O)(=O)c2ccccc2)sc1C(=O)NC1CCN(Cc2ccccc2)CC1. The molecule has 168 valence electrons. The highest BCUT2D eigenvalue weighted by atomic mass is 32.2. The van der Waals surface area contributed by atoms with Crippen molar-refractivity contribution in [2.45, 2.75) is 37.2 Å². The molecule has 0 spiro atoms. The molecular weight excluding hydrogens is 444 g/mol. The third-order valence-corrected chi connectivity index (χ3v) is 8.01. The largest absolute Gasteiger partial charge is 0.348 e. The number of aromatic nitrogens is 1. The highest BCUT2D eigenvalue weighted by Crippen LogP contribution is 2.25. The van der Waals surface area contributed by atoms with Crippen LogP contribution in [0.4, 0.5) is 5.13 Å². The quantitative estimate of drug-likeness (QED) is 0.550. The molecule has 1 fully saturated rings. The van der Waals surface area contributed by atoms with E-state index in [4.69, 9.17) is 0 Å². The first-order chi connectivity index (χ1) is 15.4. The van der Waals surface area contributed by atoms with Crippen molar-refractivity contribution in [3.8, 4) is 0 Å². The second-order valence-electron chi connectivity index (χ2n) is 7.86. The van der Waals surface area contributed by atoms with Crippen LogP contribution in [-0.2, 0) is 16.6 Å². The average molecular weight is 471 g/mol. The maximum Gasteiger partial charge on any atom is 0.263 e. The van der Waals surface area contributed by atoms with E-state index in [1.54, 1.807) is 25.1 Å². The molecule has 2 N–H and O–H groups in total. The van der Waals surface area contributed by atoms with Crippen molar-refractivity contribution >= 4 is 32.4 Å². The molecule has 1 saturated heterocycles. The lowest BCUT2D eigenvalue weighted by atomic mass is 10.0. The molecule has 1 aromatic heterocycles. The Morgan fingerprint density at radius 3 is 2.34 bits per heavy atom. The molecule has 9 heteroatoms. The van der Waals surface area contributed by atoms with Gasteiger partial charge in [-0.15, -0.1) is 0 Å². The number of piperidine rings is 1. The van der Waals surface area contributed by atoms with Crippen LogP contribution in [0.3, 0.4) is 0 Å². The van der Waals surface area contributed by atoms with Gasteiger partial charge in [0, 0.05) is 25.7 Å². The lowest BCUT2D eigenvalue weighted by Gasteiger charge is -2.32. The number of hydrogen-bond donors (Lipinski definition) is 2. The number of rotatable bonds is 7. The van der Waals surface area contributed by atoms with Crippen molar-refractivity contribution in [3.63, 3.8) is 0 Å². The van der Waals surface area contributed by atoms with Gasteiger partial charge in [-0.1, -0.05) is 59.9 Å². The highest BCUT2D eigenvalue weighted by molar-refractivity contribution is 7.93. The van der Waals surface area contributed by atoms with Crippen LogP contribution in [0.1, 0.15) is 33.8 Å². The van der Waals surface area contributed by atoms with E-state index < -0.39 is 10.0 Å². The Hall–Kier alpha value is -2.75. The Bertz CT molecular complexity index is 1160. The molecule has 4 rings (SSSR count). The van der Waals surface area contributed by atoms with Gasteiger partial charge >= 0.3 is 0 Å². The molecule has 2 heterocycles. The number of likely N-dealkylation sites (tertiary alicyclic amines) is 1. The molecule has 32 heavy (non-hydrogen) atoms. The predicted molar refractivity (Wildman–Crippen MR) is 126 cm³/mol. The Morgan fingerprint density at radius 1 is 1.06 bits per heavy atom. The van der Waals surface area contributed by atoms with E-state index >= 15 is 0 Å². The normalized spacial score (nSPS) is 15.4. The van der Waals surface area contributed by atoms with Crippen LogP contribution in [0.5, 0.6) is 0 Å². The van der Waals surface area contributed by atoms with Crippen LogP contribution in [0, 0.1) is 6.92 Å². The van der Waals surface area contributed by atoms with Crippen molar-refractivity contribution in [2.24, 2.45) is 0 Å². The standard InChI is InChI=1S/C23H26N4O3S2/c1-17-21(31-23(24-17)26-32(29,30)20-10-6-3-7-11-20)22(28)25-19-12-14-27(15-13-19)16-18-8-4-2-5-9-18/h2-11,19H,12-16H2,1H3,(H,24,26)(H,25,28). The van der Waals surface area contributed by atoms with E-state index in [-0.39, 0.29) is 22.0 Å². The molecule has 0 bridgehead atoms. The minimum absolute atomic E-state index is 0.0977. The van der Waals surface area contributed by atoms with Gasteiger partial charge in [-0.2, -0.15) is 0 Å². The van der Waals surface area contributed by atoms with E-state index in [1.807, 2.05) is 18.2 Å². The highest BCUT2D eigenvalue weighted by Gasteiger charge is 2.24. The first-order valence-corrected chi connectivity index (χ1v) is 12.8. The van der Waals surface area contributed by atoms with Crippen LogP contribution in [0.2, 0.25) is 0 Å². The first kappa shape index (κ1) is 22.4. The van der Waals surface area contributed by atoms with Crippen molar-refractivity contribution in [2.75, 3.05) is 17.8 Å². The van der Waals surface area contributed by atoms with Crippen LogP contribution >= 0.6 is 11.3 Å². The summed E-state index contributed by atoms with van der Waals surface area (Å²) in [4.78, 5) is 20.1. The maximum absolute atomic E-state index is 12.8. The van der Waals surface area contributed by atoms with Gasteiger partial charge in [0.15, 0.2) is 5.13 Å². The minimum Gasteiger partial charge on any atom is -0.348 e.